The molecule has 0 unspecified atom stereocenters. The van der Waals surface area contributed by atoms with Gasteiger partial charge in [0.25, 0.3) is 5.91 Å². The number of methoxy groups -OCH3 is 2. The van der Waals surface area contributed by atoms with Crippen LogP contribution in [0.2, 0.25) is 0 Å². The van der Waals surface area contributed by atoms with E-state index in [1.807, 2.05) is 0 Å². The van der Waals surface area contributed by atoms with Crippen LogP contribution < -0.4 is 14.8 Å². The topological polar surface area (TPSA) is 78.3 Å². The van der Waals surface area contributed by atoms with E-state index in [0.717, 1.165) is 17.8 Å². The molecule has 3 aromatic rings. The molecule has 158 valence electrons. The Hall–Kier alpha value is -3.56. The van der Waals surface area contributed by atoms with E-state index < -0.39 is 11.7 Å². The van der Waals surface area contributed by atoms with Crippen LogP contribution >= 0.6 is 0 Å². The lowest BCUT2D eigenvalue weighted by molar-refractivity contribution is -0.137. The van der Waals surface area contributed by atoms with Crippen LogP contribution in [0, 0.1) is 6.92 Å². The number of aromatic nitrogens is 3. The van der Waals surface area contributed by atoms with Crippen LogP contribution in [-0.2, 0) is 12.7 Å². The molecule has 3 rings (SSSR count). The molecule has 30 heavy (non-hydrogen) atoms. The molecular weight excluding hydrogens is 401 g/mol. The fourth-order valence-electron chi connectivity index (χ4n) is 2.81. The van der Waals surface area contributed by atoms with Gasteiger partial charge in [-0.15, -0.1) is 0 Å². The summed E-state index contributed by atoms with van der Waals surface area (Å²) >= 11 is 0. The van der Waals surface area contributed by atoms with E-state index in [0.29, 0.717) is 17.2 Å². The first-order chi connectivity index (χ1) is 14.2. The molecule has 1 aromatic carbocycles. The van der Waals surface area contributed by atoms with Crippen LogP contribution in [0.1, 0.15) is 27.2 Å². The van der Waals surface area contributed by atoms with Crippen LogP contribution in [0.15, 0.2) is 42.7 Å². The first-order valence-corrected chi connectivity index (χ1v) is 8.82. The van der Waals surface area contributed by atoms with Gasteiger partial charge in [-0.05, 0) is 36.8 Å². The van der Waals surface area contributed by atoms with Crippen molar-refractivity contribution in [3.8, 4) is 17.3 Å². The molecule has 1 amide bonds. The summed E-state index contributed by atoms with van der Waals surface area (Å²) in [6, 6.07) is 7.40. The molecule has 0 bridgehead atoms. The lowest BCUT2D eigenvalue weighted by atomic mass is 10.2. The van der Waals surface area contributed by atoms with Crippen molar-refractivity contribution in [2.24, 2.45) is 0 Å². The molecule has 0 aliphatic rings. The maximum atomic E-state index is 12.7. The maximum Gasteiger partial charge on any atom is 0.417 e. The minimum Gasteiger partial charge on any atom is -0.493 e. The van der Waals surface area contributed by atoms with E-state index in [1.165, 1.54) is 31.2 Å². The summed E-state index contributed by atoms with van der Waals surface area (Å²) in [5.74, 6) is 0.926. The highest BCUT2D eigenvalue weighted by Crippen LogP contribution is 2.29. The molecule has 1 N–H and O–H groups in total. The van der Waals surface area contributed by atoms with E-state index in [9.17, 15) is 18.0 Å². The SMILES string of the molecule is COc1ccc(CNC(=O)c2cnn(-c3ccc(C(F)(F)F)cn3)c2C)cc1OC. The molecular formula is C20H19F3N4O3. The van der Waals surface area contributed by atoms with Gasteiger partial charge in [0.2, 0.25) is 0 Å². The van der Waals surface area contributed by atoms with E-state index in [1.54, 1.807) is 25.1 Å². The molecule has 0 aliphatic heterocycles. The summed E-state index contributed by atoms with van der Waals surface area (Å²) < 4.78 is 49.8. The first kappa shape index (κ1) is 21.2. The second-order valence-corrected chi connectivity index (χ2v) is 6.33. The van der Waals surface area contributed by atoms with Crippen molar-refractivity contribution in [2.75, 3.05) is 14.2 Å². The Morgan fingerprint density at radius 1 is 1.10 bits per heavy atom. The zero-order valence-electron chi connectivity index (χ0n) is 16.4. The third-order valence-electron chi connectivity index (χ3n) is 4.45. The first-order valence-electron chi connectivity index (χ1n) is 8.82. The van der Waals surface area contributed by atoms with Gasteiger partial charge in [0, 0.05) is 12.7 Å². The molecule has 0 fully saturated rings. The monoisotopic (exact) mass is 420 g/mol. The zero-order valence-corrected chi connectivity index (χ0v) is 16.4. The minimum atomic E-state index is -4.47. The van der Waals surface area contributed by atoms with Crippen LogP contribution in [0.25, 0.3) is 5.82 Å². The molecule has 0 spiro atoms. The predicted octanol–water partition coefficient (Wildman–Crippen LogP) is 3.54. The summed E-state index contributed by atoms with van der Waals surface area (Å²) in [6.07, 6.45) is -2.40. The average Bonchev–Trinajstić information content (AvgIpc) is 3.12. The molecule has 0 saturated carbocycles. The van der Waals surface area contributed by atoms with Gasteiger partial charge in [0.05, 0.1) is 37.2 Å². The summed E-state index contributed by atoms with van der Waals surface area (Å²) in [5.41, 5.74) is 0.684. The van der Waals surface area contributed by atoms with Gasteiger partial charge in [0.15, 0.2) is 17.3 Å². The Balaban J connectivity index is 1.73. The molecule has 2 aromatic heterocycles. The molecule has 0 aliphatic carbocycles. The van der Waals surface area contributed by atoms with Crippen LogP contribution in [0.4, 0.5) is 13.2 Å². The van der Waals surface area contributed by atoms with Crippen LogP contribution in [0.5, 0.6) is 11.5 Å². The minimum absolute atomic E-state index is 0.180. The standard InChI is InChI=1S/C20H19F3N4O3/c1-12-15(11-26-27(12)18-7-5-14(10-24-18)20(21,22)23)19(28)25-9-13-4-6-16(29-2)17(8-13)30-3/h4-8,10-11H,9H2,1-3H3,(H,25,28). The molecule has 0 saturated heterocycles. The number of nitrogens with one attached hydrogen (secondary N) is 1. The van der Waals surface area contributed by atoms with Crippen molar-refractivity contribution < 1.29 is 27.4 Å². The van der Waals surface area contributed by atoms with Gasteiger partial charge in [-0.3, -0.25) is 4.79 Å². The second-order valence-electron chi connectivity index (χ2n) is 6.33. The summed E-state index contributed by atoms with van der Waals surface area (Å²) in [7, 11) is 3.05. The molecule has 2 heterocycles. The average molecular weight is 420 g/mol. The van der Waals surface area contributed by atoms with Gasteiger partial charge in [0.1, 0.15) is 0 Å². The van der Waals surface area contributed by atoms with Crippen molar-refractivity contribution in [2.45, 2.75) is 19.6 Å². The van der Waals surface area contributed by atoms with Gasteiger partial charge in [-0.2, -0.15) is 18.3 Å². The predicted molar refractivity (Wildman–Crippen MR) is 102 cm³/mol. The van der Waals surface area contributed by atoms with E-state index in [4.69, 9.17) is 9.47 Å². The number of nitrogens with zero attached hydrogens (tertiary/aromatic N) is 3. The number of pyridine rings is 1. The largest absolute Gasteiger partial charge is 0.493 e. The molecule has 0 radical (unpaired) electrons. The number of hydrogen-bond acceptors (Lipinski definition) is 5. The van der Waals surface area contributed by atoms with E-state index >= 15 is 0 Å². The Kier molecular flexibility index (Phi) is 5.95. The number of carbonyl (C=O) groups excluding carboxylic acids is 1. The van der Waals surface area contributed by atoms with Crippen molar-refractivity contribution >= 4 is 5.91 Å². The van der Waals surface area contributed by atoms with Gasteiger partial charge < -0.3 is 14.8 Å². The van der Waals surface area contributed by atoms with E-state index in [2.05, 4.69) is 15.4 Å². The number of rotatable bonds is 6. The Labute approximate surface area is 170 Å². The van der Waals surface area contributed by atoms with Crippen LogP contribution in [0.3, 0.4) is 0 Å². The zero-order chi connectivity index (χ0) is 21.9. The summed E-state index contributed by atoms with van der Waals surface area (Å²) in [4.78, 5) is 16.4. The number of carbonyl (C=O) groups is 1. The van der Waals surface area contributed by atoms with Crippen molar-refractivity contribution in [1.29, 1.82) is 0 Å². The Bertz CT molecular complexity index is 1050. The highest BCUT2D eigenvalue weighted by Gasteiger charge is 2.30. The number of hydrogen-bond donors (Lipinski definition) is 1. The second kappa shape index (κ2) is 8.44. The quantitative estimate of drug-likeness (QED) is 0.660. The van der Waals surface area contributed by atoms with E-state index in [-0.39, 0.29) is 23.8 Å². The molecule has 10 heteroatoms. The van der Waals surface area contributed by atoms with Gasteiger partial charge in [-0.25, -0.2) is 9.67 Å². The summed E-state index contributed by atoms with van der Waals surface area (Å²) in [6.45, 7) is 1.88. The third-order valence-corrected chi connectivity index (χ3v) is 4.45. The highest BCUT2D eigenvalue weighted by molar-refractivity contribution is 5.95. The smallest absolute Gasteiger partial charge is 0.417 e. The van der Waals surface area contributed by atoms with Crippen LogP contribution in [-0.4, -0.2) is 34.9 Å². The fraction of sp³-hybridized carbons (Fsp3) is 0.250. The Morgan fingerprint density at radius 3 is 2.43 bits per heavy atom. The third kappa shape index (κ3) is 4.37. The Morgan fingerprint density at radius 2 is 1.83 bits per heavy atom. The molecule has 0 atom stereocenters. The number of amides is 1. The van der Waals surface area contributed by atoms with Crippen molar-refractivity contribution in [1.82, 2.24) is 20.1 Å². The number of alkyl halides is 3. The maximum absolute atomic E-state index is 12.7. The van der Waals surface area contributed by atoms with Gasteiger partial charge >= 0.3 is 6.18 Å². The van der Waals surface area contributed by atoms with Crippen molar-refractivity contribution in [3.63, 3.8) is 0 Å². The number of halogens is 3. The number of benzene rings is 1. The van der Waals surface area contributed by atoms with Crippen molar-refractivity contribution in [3.05, 3.63) is 65.1 Å². The molecule has 7 nitrogen and oxygen atoms in total. The normalized spacial score (nSPS) is 11.3. The lowest BCUT2D eigenvalue weighted by Gasteiger charge is -2.10. The highest BCUT2D eigenvalue weighted by atomic mass is 19.4. The number of ether oxygens (including phenoxy) is 2. The summed E-state index contributed by atoms with van der Waals surface area (Å²) in [5, 5.41) is 6.86. The lowest BCUT2D eigenvalue weighted by Crippen LogP contribution is -2.23. The fourth-order valence-corrected chi connectivity index (χ4v) is 2.81. The van der Waals surface area contributed by atoms with Gasteiger partial charge in [-0.1, -0.05) is 6.07 Å².